The van der Waals surface area contributed by atoms with Crippen molar-refractivity contribution in [2.45, 2.75) is 52.7 Å². The minimum absolute atomic E-state index is 0.0740. The van der Waals surface area contributed by atoms with Gasteiger partial charge in [-0.05, 0) is 42.9 Å². The standard InChI is InChI=1S/C23H30N2OS/c1-16-11-17(2)13-19(12-16)14-27-15-22(26)25-24-18(3)20-7-9-21(10-8-20)23(4,5)6/h7-13H,14-15H2,1-6H3,(H,25,26)/b24-18-. The molecule has 0 heterocycles. The van der Waals surface area contributed by atoms with Crippen LogP contribution in [0.2, 0.25) is 0 Å². The van der Waals surface area contributed by atoms with Gasteiger partial charge in [-0.2, -0.15) is 5.10 Å². The largest absolute Gasteiger partial charge is 0.272 e. The van der Waals surface area contributed by atoms with Crippen molar-refractivity contribution in [3.63, 3.8) is 0 Å². The first-order valence-corrected chi connectivity index (χ1v) is 10.4. The molecule has 2 rings (SSSR count). The predicted molar refractivity (Wildman–Crippen MR) is 118 cm³/mol. The van der Waals surface area contributed by atoms with Crippen LogP contribution in [0.15, 0.2) is 47.6 Å². The van der Waals surface area contributed by atoms with E-state index in [0.29, 0.717) is 5.75 Å². The molecule has 4 heteroatoms. The summed E-state index contributed by atoms with van der Waals surface area (Å²) < 4.78 is 0. The number of carbonyl (C=O) groups excluding carboxylic acids is 1. The van der Waals surface area contributed by atoms with Gasteiger partial charge in [-0.3, -0.25) is 4.79 Å². The summed E-state index contributed by atoms with van der Waals surface area (Å²) in [7, 11) is 0. The van der Waals surface area contributed by atoms with Crippen LogP contribution in [0, 0.1) is 13.8 Å². The molecule has 27 heavy (non-hydrogen) atoms. The third kappa shape index (κ3) is 6.87. The van der Waals surface area contributed by atoms with Gasteiger partial charge >= 0.3 is 0 Å². The normalized spacial score (nSPS) is 12.1. The number of hydrogen-bond donors (Lipinski definition) is 1. The number of aryl methyl sites for hydroxylation is 2. The van der Waals surface area contributed by atoms with Crippen molar-refractivity contribution in [3.05, 3.63) is 70.3 Å². The lowest BCUT2D eigenvalue weighted by Gasteiger charge is -2.19. The zero-order chi connectivity index (χ0) is 20.0. The van der Waals surface area contributed by atoms with Crippen molar-refractivity contribution < 1.29 is 4.79 Å². The van der Waals surface area contributed by atoms with Crippen LogP contribution in [0.5, 0.6) is 0 Å². The molecular formula is C23H30N2OS. The van der Waals surface area contributed by atoms with E-state index >= 15 is 0 Å². The fraction of sp³-hybridized carbons (Fsp3) is 0.391. The Balaban J connectivity index is 1.84. The number of hydrazone groups is 1. The quantitative estimate of drug-likeness (QED) is 0.539. The van der Waals surface area contributed by atoms with Crippen molar-refractivity contribution in [3.8, 4) is 0 Å². The average molecular weight is 383 g/mol. The van der Waals surface area contributed by atoms with Crippen LogP contribution in [0.3, 0.4) is 0 Å². The van der Waals surface area contributed by atoms with Crippen molar-refractivity contribution in [1.82, 2.24) is 5.43 Å². The molecule has 0 aliphatic heterocycles. The Kier molecular flexibility index (Phi) is 7.25. The van der Waals surface area contributed by atoms with Gasteiger partial charge in [0.15, 0.2) is 0 Å². The summed E-state index contributed by atoms with van der Waals surface area (Å²) in [6.07, 6.45) is 0. The lowest BCUT2D eigenvalue weighted by Crippen LogP contribution is -2.21. The first-order chi connectivity index (χ1) is 12.6. The number of nitrogens with zero attached hydrogens (tertiary/aromatic N) is 1. The number of rotatable bonds is 6. The van der Waals surface area contributed by atoms with Gasteiger partial charge in [0.2, 0.25) is 5.91 Å². The van der Waals surface area contributed by atoms with Crippen molar-refractivity contribution in [2.24, 2.45) is 5.10 Å². The molecule has 0 radical (unpaired) electrons. The molecule has 144 valence electrons. The summed E-state index contributed by atoms with van der Waals surface area (Å²) in [6.45, 7) is 12.7. The number of amides is 1. The topological polar surface area (TPSA) is 41.5 Å². The third-order valence-corrected chi connectivity index (χ3v) is 5.30. The van der Waals surface area contributed by atoms with Gasteiger partial charge in [0.1, 0.15) is 0 Å². The fourth-order valence-corrected chi connectivity index (χ4v) is 3.62. The van der Waals surface area contributed by atoms with E-state index in [0.717, 1.165) is 17.0 Å². The van der Waals surface area contributed by atoms with E-state index in [9.17, 15) is 4.79 Å². The number of benzene rings is 2. The molecule has 2 aromatic carbocycles. The third-order valence-electron chi connectivity index (χ3n) is 4.30. The van der Waals surface area contributed by atoms with Crippen molar-refractivity contribution >= 4 is 23.4 Å². The molecule has 0 aromatic heterocycles. The fourth-order valence-electron chi connectivity index (χ4n) is 2.87. The maximum absolute atomic E-state index is 12.0. The molecule has 0 bridgehead atoms. The highest BCUT2D eigenvalue weighted by molar-refractivity contribution is 7.99. The Morgan fingerprint density at radius 2 is 1.63 bits per heavy atom. The van der Waals surface area contributed by atoms with Crippen LogP contribution in [-0.4, -0.2) is 17.4 Å². The molecule has 0 unspecified atom stereocenters. The Morgan fingerprint density at radius 3 is 2.19 bits per heavy atom. The Labute approximate surface area is 167 Å². The van der Waals surface area contributed by atoms with Gasteiger partial charge in [0.25, 0.3) is 0 Å². The molecule has 0 atom stereocenters. The number of hydrogen-bond acceptors (Lipinski definition) is 3. The highest BCUT2D eigenvalue weighted by atomic mass is 32.2. The van der Waals surface area contributed by atoms with E-state index < -0.39 is 0 Å². The van der Waals surface area contributed by atoms with E-state index in [2.05, 4.69) is 87.6 Å². The molecule has 0 aliphatic carbocycles. The maximum atomic E-state index is 12.0. The van der Waals surface area contributed by atoms with E-state index in [1.807, 2.05) is 6.92 Å². The molecule has 0 saturated carbocycles. The van der Waals surface area contributed by atoms with Crippen LogP contribution in [0.25, 0.3) is 0 Å². The summed E-state index contributed by atoms with van der Waals surface area (Å²) in [5.74, 6) is 1.15. The molecular weight excluding hydrogens is 352 g/mol. The second kappa shape index (κ2) is 9.23. The lowest BCUT2D eigenvalue weighted by atomic mass is 9.86. The molecule has 0 spiro atoms. The van der Waals surface area contributed by atoms with E-state index in [-0.39, 0.29) is 11.3 Å². The van der Waals surface area contributed by atoms with Crippen molar-refractivity contribution in [1.29, 1.82) is 0 Å². The highest BCUT2D eigenvalue weighted by Crippen LogP contribution is 2.22. The van der Waals surface area contributed by atoms with Crippen LogP contribution in [0.1, 0.15) is 55.5 Å². The summed E-state index contributed by atoms with van der Waals surface area (Å²) in [4.78, 5) is 12.0. The van der Waals surface area contributed by atoms with Crippen LogP contribution >= 0.6 is 11.8 Å². The second-order valence-electron chi connectivity index (χ2n) is 8.05. The van der Waals surface area contributed by atoms with Gasteiger partial charge in [-0.15, -0.1) is 11.8 Å². The van der Waals surface area contributed by atoms with Gasteiger partial charge in [0, 0.05) is 5.75 Å². The number of thioether (sulfide) groups is 1. The van der Waals surface area contributed by atoms with Gasteiger partial charge in [-0.25, -0.2) is 5.43 Å². The van der Waals surface area contributed by atoms with Gasteiger partial charge in [-0.1, -0.05) is 74.4 Å². The van der Waals surface area contributed by atoms with Gasteiger partial charge in [0.05, 0.1) is 11.5 Å². The average Bonchev–Trinajstić information content (AvgIpc) is 2.58. The summed E-state index contributed by atoms with van der Waals surface area (Å²) in [5, 5.41) is 4.24. The number of nitrogens with one attached hydrogen (secondary N) is 1. The van der Waals surface area contributed by atoms with Gasteiger partial charge < -0.3 is 0 Å². The highest BCUT2D eigenvalue weighted by Gasteiger charge is 2.13. The van der Waals surface area contributed by atoms with Crippen molar-refractivity contribution in [2.75, 3.05) is 5.75 Å². The molecule has 0 saturated heterocycles. The summed E-state index contributed by atoms with van der Waals surface area (Å²) in [6, 6.07) is 14.8. The lowest BCUT2D eigenvalue weighted by molar-refractivity contribution is -0.118. The zero-order valence-corrected chi connectivity index (χ0v) is 18.0. The maximum Gasteiger partial charge on any atom is 0.250 e. The number of carbonyl (C=O) groups is 1. The summed E-state index contributed by atoms with van der Waals surface area (Å²) in [5.41, 5.74) is 9.67. The molecule has 1 amide bonds. The smallest absolute Gasteiger partial charge is 0.250 e. The molecule has 1 N–H and O–H groups in total. The predicted octanol–water partition coefficient (Wildman–Crippen LogP) is 5.37. The minimum atomic E-state index is -0.0740. The van der Waals surface area contributed by atoms with Crippen LogP contribution in [-0.2, 0) is 16.0 Å². The first kappa shape index (κ1) is 21.2. The molecule has 0 aliphatic rings. The minimum Gasteiger partial charge on any atom is -0.272 e. The molecule has 3 nitrogen and oxygen atoms in total. The molecule has 2 aromatic rings. The Morgan fingerprint density at radius 1 is 1.04 bits per heavy atom. The van der Waals surface area contributed by atoms with Crippen LogP contribution < -0.4 is 5.43 Å². The zero-order valence-electron chi connectivity index (χ0n) is 17.2. The Bertz CT molecular complexity index is 797. The van der Waals surface area contributed by atoms with E-state index in [1.54, 1.807) is 11.8 Å². The monoisotopic (exact) mass is 382 g/mol. The van der Waals surface area contributed by atoms with Crippen LogP contribution in [0.4, 0.5) is 0 Å². The SMILES string of the molecule is C/C(=N/NC(=O)CSCc1cc(C)cc(C)c1)c1ccc(C(C)(C)C)cc1. The first-order valence-electron chi connectivity index (χ1n) is 9.24. The molecule has 0 fully saturated rings. The second-order valence-corrected chi connectivity index (χ2v) is 9.03. The van der Waals surface area contributed by atoms with E-state index in [4.69, 9.17) is 0 Å². The summed E-state index contributed by atoms with van der Waals surface area (Å²) >= 11 is 1.60. The Hall–Kier alpha value is -2.07. The van der Waals surface area contributed by atoms with E-state index in [1.165, 1.54) is 22.3 Å².